The van der Waals surface area contributed by atoms with Gasteiger partial charge in [0.05, 0.1) is 0 Å². The zero-order chi connectivity index (χ0) is 22.2. The summed E-state index contributed by atoms with van der Waals surface area (Å²) in [5.41, 5.74) is 6.56. The third kappa shape index (κ3) is 3.97. The monoisotopic (exact) mass is 492 g/mol. The summed E-state index contributed by atoms with van der Waals surface area (Å²) in [7, 11) is 8.46. The molecule has 164 valence electrons. The van der Waals surface area contributed by atoms with Gasteiger partial charge in [-0.05, 0) is 0 Å². The van der Waals surface area contributed by atoms with Gasteiger partial charge in [-0.2, -0.15) is 0 Å². The minimum atomic E-state index is 0.278. The summed E-state index contributed by atoms with van der Waals surface area (Å²) in [6.45, 7) is 3.55. The molecular weight excluding hydrogens is 461 g/mol. The van der Waals surface area contributed by atoms with E-state index in [4.69, 9.17) is 4.74 Å². The molecule has 5 rings (SSSR count). The quantitative estimate of drug-likeness (QED) is 0.248. The fourth-order valence-electron chi connectivity index (χ4n) is 4.40. The van der Waals surface area contributed by atoms with Crippen LogP contribution in [-0.4, -0.2) is 69.0 Å². The SMILES string of the molecule is CN(C)c1ccc2c(-c3ccc(N4CCOCC4)cc3)c3ccc(=[N+](C)C)cc-3[se]c2c1. The van der Waals surface area contributed by atoms with Crippen LogP contribution in [0.5, 0.6) is 0 Å². The van der Waals surface area contributed by atoms with Crippen molar-refractivity contribution in [1.29, 1.82) is 0 Å². The number of morpholine rings is 1. The number of nitrogens with zero attached hydrogens (tertiary/aromatic N) is 3. The molecule has 2 aromatic rings. The van der Waals surface area contributed by atoms with Gasteiger partial charge in [-0.25, -0.2) is 0 Å². The molecule has 0 radical (unpaired) electrons. The molecule has 4 nitrogen and oxygen atoms in total. The molecule has 32 heavy (non-hydrogen) atoms. The molecule has 0 saturated carbocycles. The Balaban J connectivity index is 1.71. The van der Waals surface area contributed by atoms with Crippen molar-refractivity contribution >= 4 is 35.5 Å². The summed E-state index contributed by atoms with van der Waals surface area (Å²) >= 11 is 0.278. The average molecular weight is 492 g/mol. The number of ether oxygens (including phenoxy) is 1. The van der Waals surface area contributed by atoms with Crippen molar-refractivity contribution in [1.82, 2.24) is 4.58 Å². The van der Waals surface area contributed by atoms with E-state index in [2.05, 4.69) is 103 Å². The molecule has 3 aliphatic rings. The minimum absolute atomic E-state index is 0.278. The van der Waals surface area contributed by atoms with Gasteiger partial charge in [-0.15, -0.1) is 0 Å². The maximum absolute atomic E-state index is 5.52. The van der Waals surface area contributed by atoms with E-state index in [-0.39, 0.29) is 14.5 Å². The van der Waals surface area contributed by atoms with Gasteiger partial charge in [0, 0.05) is 0 Å². The molecule has 2 heterocycles. The van der Waals surface area contributed by atoms with Crippen molar-refractivity contribution < 1.29 is 4.74 Å². The van der Waals surface area contributed by atoms with E-state index in [1.54, 1.807) is 0 Å². The third-order valence-electron chi connectivity index (χ3n) is 6.25. The molecule has 2 aromatic carbocycles. The first-order chi connectivity index (χ1) is 15.5. The Bertz CT molecular complexity index is 1300. The van der Waals surface area contributed by atoms with Crippen molar-refractivity contribution in [3.8, 4) is 21.1 Å². The van der Waals surface area contributed by atoms with Gasteiger partial charge >= 0.3 is 196 Å². The van der Waals surface area contributed by atoms with Crippen LogP contribution in [0.15, 0.2) is 60.7 Å². The Kier molecular flexibility index (Phi) is 5.81. The molecule has 0 aromatic heterocycles. The van der Waals surface area contributed by atoms with Gasteiger partial charge < -0.3 is 0 Å². The number of benzene rings is 3. The Hall–Kier alpha value is -2.59. The standard InChI is InChI=1S/C27H30N3OSe/c1-28(2)21-9-11-23-25(17-21)32-26-18-22(29(3)4)10-12-24(26)27(23)19-5-7-20(8-6-19)30-13-15-31-16-14-30/h5-12,17-18H,13-16H2,1-4H3/q+1. The van der Waals surface area contributed by atoms with Crippen LogP contribution in [0, 0.1) is 0 Å². The summed E-state index contributed by atoms with van der Waals surface area (Å²) in [6, 6.07) is 23.0. The first-order valence-corrected chi connectivity index (χ1v) is 12.8. The van der Waals surface area contributed by atoms with Crippen molar-refractivity contribution in [3.05, 3.63) is 66.0 Å². The normalized spacial score (nSPS) is 14.2. The molecule has 1 saturated heterocycles. The zero-order valence-electron chi connectivity index (χ0n) is 19.3. The van der Waals surface area contributed by atoms with E-state index < -0.39 is 0 Å². The van der Waals surface area contributed by atoms with E-state index in [1.807, 2.05) is 0 Å². The first kappa shape index (κ1) is 21.3. The molecule has 0 spiro atoms. The molecule has 0 atom stereocenters. The van der Waals surface area contributed by atoms with E-state index in [0.29, 0.717) is 0 Å². The van der Waals surface area contributed by atoms with E-state index in [0.717, 1.165) is 26.3 Å². The van der Waals surface area contributed by atoms with Gasteiger partial charge in [0.15, 0.2) is 0 Å². The van der Waals surface area contributed by atoms with Crippen LogP contribution < -0.4 is 19.7 Å². The summed E-state index contributed by atoms with van der Waals surface area (Å²) in [5.74, 6) is 0. The predicted octanol–water partition coefficient (Wildman–Crippen LogP) is 3.60. The summed E-state index contributed by atoms with van der Waals surface area (Å²) < 4.78 is 10.6. The van der Waals surface area contributed by atoms with Crippen molar-refractivity contribution in [2.24, 2.45) is 0 Å². The topological polar surface area (TPSA) is 18.7 Å². The molecule has 1 fully saturated rings. The molecule has 0 N–H and O–H groups in total. The predicted molar refractivity (Wildman–Crippen MR) is 137 cm³/mol. The van der Waals surface area contributed by atoms with Gasteiger partial charge in [0.2, 0.25) is 0 Å². The maximum atomic E-state index is 5.52. The molecular formula is C27H30N3OSe+. The molecule has 1 aliphatic carbocycles. The summed E-state index contributed by atoms with van der Waals surface area (Å²) in [5, 5.41) is 2.64. The van der Waals surface area contributed by atoms with Crippen LogP contribution in [0.2, 0.25) is 0 Å². The van der Waals surface area contributed by atoms with E-state index in [1.165, 1.54) is 47.5 Å². The Morgan fingerprint density at radius 2 is 1.66 bits per heavy atom. The Morgan fingerprint density at radius 1 is 0.906 bits per heavy atom. The molecule has 5 heteroatoms. The first-order valence-electron chi connectivity index (χ1n) is 11.1. The Morgan fingerprint density at radius 3 is 2.34 bits per heavy atom. The number of hydrogen-bond acceptors (Lipinski definition) is 3. The number of hydrogen-bond donors (Lipinski definition) is 0. The fourth-order valence-corrected chi connectivity index (χ4v) is 6.82. The van der Waals surface area contributed by atoms with Crippen LogP contribution in [0.3, 0.4) is 0 Å². The van der Waals surface area contributed by atoms with Crippen molar-refractivity contribution in [3.63, 3.8) is 0 Å². The van der Waals surface area contributed by atoms with Crippen LogP contribution in [0.1, 0.15) is 0 Å². The van der Waals surface area contributed by atoms with Crippen LogP contribution >= 0.6 is 0 Å². The number of fused-ring (bicyclic) bond motifs is 2. The van der Waals surface area contributed by atoms with E-state index >= 15 is 0 Å². The van der Waals surface area contributed by atoms with Crippen molar-refractivity contribution in [2.75, 3.05) is 64.3 Å². The molecule has 0 bridgehead atoms. The van der Waals surface area contributed by atoms with Crippen LogP contribution in [-0.2, 0) is 4.74 Å². The summed E-state index contributed by atoms with van der Waals surface area (Å²) in [4.78, 5) is 4.61. The Labute approximate surface area is 196 Å². The van der Waals surface area contributed by atoms with Gasteiger partial charge in [-0.1, -0.05) is 0 Å². The average Bonchev–Trinajstić information content (AvgIpc) is 2.82. The second-order valence-electron chi connectivity index (χ2n) is 8.77. The second kappa shape index (κ2) is 8.74. The van der Waals surface area contributed by atoms with Crippen LogP contribution in [0.4, 0.5) is 11.4 Å². The number of anilines is 2. The second-order valence-corrected chi connectivity index (χ2v) is 11.0. The van der Waals surface area contributed by atoms with Crippen LogP contribution in [0.25, 0.3) is 30.8 Å². The molecule has 0 unspecified atom stereocenters. The van der Waals surface area contributed by atoms with Crippen molar-refractivity contribution in [2.45, 2.75) is 0 Å². The van der Waals surface area contributed by atoms with Gasteiger partial charge in [0.25, 0.3) is 0 Å². The third-order valence-corrected chi connectivity index (χ3v) is 8.59. The molecule has 2 aliphatic heterocycles. The fraction of sp³-hybridized carbons (Fsp3) is 0.296. The van der Waals surface area contributed by atoms with Gasteiger partial charge in [-0.3, -0.25) is 0 Å². The number of rotatable bonds is 3. The zero-order valence-corrected chi connectivity index (χ0v) is 21.0. The van der Waals surface area contributed by atoms with Gasteiger partial charge in [0.1, 0.15) is 0 Å². The summed E-state index contributed by atoms with van der Waals surface area (Å²) in [6.07, 6.45) is 0. The molecule has 0 amide bonds. The van der Waals surface area contributed by atoms with E-state index in [9.17, 15) is 0 Å².